The van der Waals surface area contributed by atoms with Gasteiger partial charge in [0, 0.05) is 37.0 Å². The van der Waals surface area contributed by atoms with E-state index in [0.29, 0.717) is 13.1 Å². The molecule has 1 aromatic carbocycles. The third kappa shape index (κ3) is 4.51. The summed E-state index contributed by atoms with van der Waals surface area (Å²) in [6.45, 7) is 5.06. The van der Waals surface area contributed by atoms with Gasteiger partial charge in [0.15, 0.2) is 0 Å². The number of thioether (sulfide) groups is 1. The fraction of sp³-hybridized carbons (Fsp3) is 0.556. The molecule has 24 heavy (non-hydrogen) atoms. The summed E-state index contributed by atoms with van der Waals surface area (Å²) < 4.78 is 0. The summed E-state index contributed by atoms with van der Waals surface area (Å²) in [6.07, 6.45) is 2.29. The zero-order valence-corrected chi connectivity index (χ0v) is 15.4. The van der Waals surface area contributed by atoms with Crippen molar-refractivity contribution in [1.82, 2.24) is 9.80 Å². The van der Waals surface area contributed by atoms with Crippen LogP contribution in [0.4, 0.5) is 0 Å². The maximum Gasteiger partial charge on any atom is 0.228 e. The van der Waals surface area contributed by atoms with Crippen LogP contribution in [0, 0.1) is 5.92 Å². The van der Waals surface area contributed by atoms with Crippen molar-refractivity contribution in [2.45, 2.75) is 37.8 Å². The summed E-state index contributed by atoms with van der Waals surface area (Å²) in [5, 5.41) is 9.31. The van der Waals surface area contributed by atoms with Gasteiger partial charge in [-0.3, -0.25) is 9.59 Å². The molecule has 0 bridgehead atoms. The van der Waals surface area contributed by atoms with Gasteiger partial charge in [-0.2, -0.15) is 0 Å². The molecule has 0 unspecified atom stereocenters. The number of carbonyl (C=O) groups excluding carboxylic acids is 2. The molecule has 0 spiro atoms. The molecule has 0 aromatic heterocycles. The molecule has 1 aliphatic rings. The van der Waals surface area contributed by atoms with Crippen LogP contribution < -0.4 is 0 Å². The molecule has 1 heterocycles. The molecule has 0 aliphatic carbocycles. The number of likely N-dealkylation sites (tertiary alicyclic amines) is 1. The monoisotopic (exact) mass is 350 g/mol. The Morgan fingerprint density at radius 1 is 1.38 bits per heavy atom. The molecule has 2 amide bonds. The normalized spacial score (nSPS) is 17.6. The zero-order valence-electron chi connectivity index (χ0n) is 14.6. The van der Waals surface area contributed by atoms with Crippen LogP contribution in [-0.2, 0) is 16.1 Å². The Labute approximate surface area is 148 Å². The van der Waals surface area contributed by atoms with E-state index in [9.17, 15) is 14.7 Å². The third-order valence-corrected chi connectivity index (χ3v) is 5.09. The number of carbonyl (C=O) groups is 2. The minimum Gasteiger partial charge on any atom is -0.395 e. The smallest absolute Gasteiger partial charge is 0.228 e. The molecule has 6 heteroatoms. The predicted molar refractivity (Wildman–Crippen MR) is 95.7 cm³/mol. The van der Waals surface area contributed by atoms with E-state index in [-0.39, 0.29) is 43.3 Å². The number of nitrogens with zero attached hydrogens (tertiary/aromatic N) is 2. The van der Waals surface area contributed by atoms with Gasteiger partial charge in [0.1, 0.15) is 0 Å². The molecule has 0 radical (unpaired) electrons. The molecule has 1 fully saturated rings. The van der Waals surface area contributed by atoms with Gasteiger partial charge in [0.25, 0.3) is 0 Å². The van der Waals surface area contributed by atoms with Gasteiger partial charge >= 0.3 is 0 Å². The summed E-state index contributed by atoms with van der Waals surface area (Å²) in [4.78, 5) is 29.4. The highest BCUT2D eigenvalue weighted by Crippen LogP contribution is 2.23. The van der Waals surface area contributed by atoms with Gasteiger partial charge in [-0.1, -0.05) is 12.1 Å². The second-order valence-electron chi connectivity index (χ2n) is 6.37. The lowest BCUT2D eigenvalue weighted by molar-refractivity contribution is -0.137. The Morgan fingerprint density at radius 3 is 2.54 bits per heavy atom. The molecular weight excluding hydrogens is 324 g/mol. The molecule has 132 valence electrons. The van der Waals surface area contributed by atoms with Crippen molar-refractivity contribution in [3.05, 3.63) is 29.8 Å². The SMILES string of the molecule is CSc1ccc(CN(CCO)C(=O)[C@H]2CC(=O)N(C(C)C)C2)cc1. The fourth-order valence-corrected chi connectivity index (χ4v) is 3.40. The fourth-order valence-electron chi connectivity index (χ4n) is 2.99. The lowest BCUT2D eigenvalue weighted by Crippen LogP contribution is -2.39. The van der Waals surface area contributed by atoms with Crippen LogP contribution in [0.2, 0.25) is 0 Å². The second-order valence-corrected chi connectivity index (χ2v) is 7.25. The largest absolute Gasteiger partial charge is 0.395 e. The van der Waals surface area contributed by atoms with Crippen molar-refractivity contribution < 1.29 is 14.7 Å². The molecule has 1 aromatic rings. The minimum atomic E-state index is -0.308. The van der Waals surface area contributed by atoms with Gasteiger partial charge in [-0.15, -0.1) is 11.8 Å². The molecule has 5 nitrogen and oxygen atoms in total. The van der Waals surface area contributed by atoms with Crippen molar-refractivity contribution in [2.24, 2.45) is 5.92 Å². The Morgan fingerprint density at radius 2 is 2.04 bits per heavy atom. The van der Waals surface area contributed by atoms with Crippen LogP contribution >= 0.6 is 11.8 Å². The maximum absolute atomic E-state index is 12.8. The van der Waals surface area contributed by atoms with Crippen LogP contribution in [-0.4, -0.2) is 58.7 Å². The van der Waals surface area contributed by atoms with E-state index in [0.717, 1.165) is 5.56 Å². The third-order valence-electron chi connectivity index (χ3n) is 4.35. The van der Waals surface area contributed by atoms with E-state index < -0.39 is 0 Å². The first-order valence-electron chi connectivity index (χ1n) is 8.28. The van der Waals surface area contributed by atoms with Gasteiger partial charge in [-0.25, -0.2) is 0 Å². The number of rotatable bonds is 7. The summed E-state index contributed by atoms with van der Waals surface area (Å²) in [5.74, 6) is -0.317. The number of hydrogen-bond acceptors (Lipinski definition) is 4. The first-order valence-corrected chi connectivity index (χ1v) is 9.50. The summed E-state index contributed by atoms with van der Waals surface area (Å²) in [6, 6.07) is 8.18. The molecule has 1 aliphatic heterocycles. The zero-order chi connectivity index (χ0) is 17.7. The maximum atomic E-state index is 12.8. The van der Waals surface area contributed by atoms with Crippen LogP contribution in [0.1, 0.15) is 25.8 Å². The number of aliphatic hydroxyl groups excluding tert-OH is 1. The topological polar surface area (TPSA) is 60.9 Å². The standard InChI is InChI=1S/C18H26N2O3S/c1-13(2)20-12-15(10-17(20)22)18(23)19(8-9-21)11-14-4-6-16(24-3)7-5-14/h4-7,13,15,21H,8-12H2,1-3H3/t15-/m0/s1. The van der Waals surface area contributed by atoms with E-state index in [2.05, 4.69) is 0 Å². The second kappa shape index (κ2) is 8.53. The van der Waals surface area contributed by atoms with Crippen molar-refractivity contribution in [1.29, 1.82) is 0 Å². The van der Waals surface area contributed by atoms with Gasteiger partial charge < -0.3 is 14.9 Å². The quantitative estimate of drug-likeness (QED) is 0.764. The summed E-state index contributed by atoms with van der Waals surface area (Å²) >= 11 is 1.67. The highest BCUT2D eigenvalue weighted by atomic mass is 32.2. The lowest BCUT2D eigenvalue weighted by Gasteiger charge is -2.26. The first-order chi connectivity index (χ1) is 11.5. The molecule has 2 rings (SSSR count). The molecule has 1 saturated heterocycles. The Bertz CT molecular complexity index is 574. The Balaban J connectivity index is 2.06. The predicted octanol–water partition coefficient (Wildman–Crippen LogP) is 1.99. The average Bonchev–Trinajstić information content (AvgIpc) is 2.96. The van der Waals surface area contributed by atoms with Crippen molar-refractivity contribution in [2.75, 3.05) is 26.0 Å². The van der Waals surface area contributed by atoms with Crippen molar-refractivity contribution >= 4 is 23.6 Å². The van der Waals surface area contributed by atoms with Crippen molar-refractivity contribution in [3.8, 4) is 0 Å². The Hall–Kier alpha value is -1.53. The van der Waals surface area contributed by atoms with E-state index in [1.54, 1.807) is 21.6 Å². The van der Waals surface area contributed by atoms with Crippen molar-refractivity contribution in [3.63, 3.8) is 0 Å². The highest BCUT2D eigenvalue weighted by molar-refractivity contribution is 7.98. The number of hydrogen-bond donors (Lipinski definition) is 1. The molecular formula is C18H26N2O3S. The highest BCUT2D eigenvalue weighted by Gasteiger charge is 2.37. The molecule has 0 saturated carbocycles. The van der Waals surface area contributed by atoms with Crippen LogP contribution in [0.5, 0.6) is 0 Å². The minimum absolute atomic E-state index is 0.0385. The summed E-state index contributed by atoms with van der Waals surface area (Å²) in [7, 11) is 0. The van der Waals surface area contributed by atoms with E-state index in [1.165, 1.54) is 4.90 Å². The van der Waals surface area contributed by atoms with E-state index in [4.69, 9.17) is 0 Å². The Kier molecular flexibility index (Phi) is 6.69. The number of aliphatic hydroxyl groups is 1. The van der Waals surface area contributed by atoms with E-state index >= 15 is 0 Å². The average molecular weight is 350 g/mol. The van der Waals surface area contributed by atoms with Crippen LogP contribution in [0.15, 0.2) is 29.2 Å². The van der Waals surface area contributed by atoms with Crippen LogP contribution in [0.3, 0.4) is 0 Å². The molecule has 1 N–H and O–H groups in total. The van der Waals surface area contributed by atoms with Crippen LogP contribution in [0.25, 0.3) is 0 Å². The number of benzene rings is 1. The van der Waals surface area contributed by atoms with Gasteiger partial charge in [-0.05, 0) is 37.8 Å². The lowest BCUT2D eigenvalue weighted by atomic mass is 10.1. The first kappa shape index (κ1) is 18.8. The van der Waals surface area contributed by atoms with Gasteiger partial charge in [0.05, 0.1) is 12.5 Å². The molecule has 1 atom stereocenters. The van der Waals surface area contributed by atoms with E-state index in [1.807, 2.05) is 44.4 Å². The summed E-state index contributed by atoms with van der Waals surface area (Å²) in [5.41, 5.74) is 1.03. The van der Waals surface area contributed by atoms with Gasteiger partial charge in [0.2, 0.25) is 11.8 Å². The number of amides is 2.